The third kappa shape index (κ3) is 2.58. The van der Waals surface area contributed by atoms with Gasteiger partial charge in [-0.05, 0) is 39.5 Å². The van der Waals surface area contributed by atoms with Crippen molar-refractivity contribution in [2.24, 2.45) is 5.41 Å². The van der Waals surface area contributed by atoms with Gasteiger partial charge in [-0.15, -0.1) is 0 Å². The van der Waals surface area contributed by atoms with Gasteiger partial charge in [0.1, 0.15) is 5.54 Å². The maximum absolute atomic E-state index is 12.3. The zero-order chi connectivity index (χ0) is 14.1. The van der Waals surface area contributed by atoms with Crippen LogP contribution in [0.3, 0.4) is 0 Å². The number of nitrogens with one attached hydrogen (secondary N) is 1. The van der Waals surface area contributed by atoms with E-state index in [0.717, 1.165) is 25.7 Å². The third-order valence-corrected chi connectivity index (χ3v) is 4.19. The summed E-state index contributed by atoms with van der Waals surface area (Å²) < 4.78 is 0. The predicted molar refractivity (Wildman–Crippen MR) is 70.1 cm³/mol. The number of carbonyl (C=O) groups is 2. The lowest BCUT2D eigenvalue weighted by Gasteiger charge is -2.21. The molecule has 1 aliphatic carbocycles. The summed E-state index contributed by atoms with van der Waals surface area (Å²) in [5.41, 5.74) is -1.01. The number of carbonyl (C=O) groups excluding carboxylic acids is 2. The van der Waals surface area contributed by atoms with Gasteiger partial charge in [0.15, 0.2) is 0 Å². The lowest BCUT2D eigenvalue weighted by Crippen LogP contribution is -2.44. The van der Waals surface area contributed by atoms with Crippen molar-refractivity contribution < 1.29 is 9.59 Å². The van der Waals surface area contributed by atoms with E-state index in [1.807, 2.05) is 13.8 Å². The van der Waals surface area contributed by atoms with E-state index in [4.69, 9.17) is 5.26 Å². The first-order chi connectivity index (χ1) is 8.90. The van der Waals surface area contributed by atoms with Gasteiger partial charge in [0.25, 0.3) is 5.91 Å². The molecule has 5 heteroatoms. The molecule has 0 unspecified atom stereocenters. The number of hydrogen-bond acceptors (Lipinski definition) is 3. The SMILES string of the molecule is CC(C)(C#N)CCCN1C(=O)NC2(CCCC2)C1=O. The number of rotatable bonds is 4. The Hall–Kier alpha value is -1.57. The average molecular weight is 263 g/mol. The van der Waals surface area contributed by atoms with Gasteiger partial charge in [0, 0.05) is 6.54 Å². The van der Waals surface area contributed by atoms with Crippen LogP contribution in [0.5, 0.6) is 0 Å². The normalized spacial score (nSPS) is 21.8. The standard InChI is InChI=1S/C14H21N3O2/c1-13(2,10-15)6-5-9-17-11(18)14(16-12(17)19)7-3-4-8-14/h3-9H2,1-2H3,(H,16,19). The van der Waals surface area contributed by atoms with Crippen LogP contribution in [0.25, 0.3) is 0 Å². The molecular weight excluding hydrogens is 242 g/mol. The number of amides is 3. The summed E-state index contributed by atoms with van der Waals surface area (Å²) in [6, 6.07) is 1.97. The molecule has 1 saturated heterocycles. The monoisotopic (exact) mass is 263 g/mol. The molecule has 1 N–H and O–H groups in total. The zero-order valence-corrected chi connectivity index (χ0v) is 11.7. The lowest BCUT2D eigenvalue weighted by molar-refractivity contribution is -0.131. The summed E-state index contributed by atoms with van der Waals surface area (Å²) in [4.78, 5) is 25.6. The van der Waals surface area contributed by atoms with E-state index in [9.17, 15) is 9.59 Å². The molecule has 1 aliphatic heterocycles. The van der Waals surface area contributed by atoms with Crippen molar-refractivity contribution in [1.29, 1.82) is 5.26 Å². The van der Waals surface area contributed by atoms with Crippen LogP contribution in [0.4, 0.5) is 4.79 Å². The van der Waals surface area contributed by atoms with Gasteiger partial charge in [-0.1, -0.05) is 12.8 Å². The predicted octanol–water partition coefficient (Wildman–Crippen LogP) is 2.18. The largest absolute Gasteiger partial charge is 0.325 e. The minimum absolute atomic E-state index is 0.0650. The van der Waals surface area contributed by atoms with E-state index in [-0.39, 0.29) is 11.9 Å². The second kappa shape index (κ2) is 4.84. The van der Waals surface area contributed by atoms with Crippen molar-refractivity contribution in [2.45, 2.75) is 57.9 Å². The third-order valence-electron chi connectivity index (χ3n) is 4.19. The van der Waals surface area contributed by atoms with Crippen LogP contribution in [-0.2, 0) is 4.79 Å². The Labute approximate surface area is 113 Å². The summed E-state index contributed by atoms with van der Waals surface area (Å²) in [6.07, 6.45) is 4.89. The second-order valence-corrected chi connectivity index (χ2v) is 6.28. The molecular formula is C14H21N3O2. The van der Waals surface area contributed by atoms with Crippen LogP contribution in [0.2, 0.25) is 0 Å². The van der Waals surface area contributed by atoms with Crippen molar-refractivity contribution in [3.8, 4) is 6.07 Å². The van der Waals surface area contributed by atoms with Gasteiger partial charge in [0.05, 0.1) is 11.5 Å². The maximum Gasteiger partial charge on any atom is 0.325 e. The molecule has 3 amide bonds. The Kier molecular flexibility index (Phi) is 3.53. The highest BCUT2D eigenvalue weighted by atomic mass is 16.2. The van der Waals surface area contributed by atoms with E-state index in [1.165, 1.54) is 4.90 Å². The van der Waals surface area contributed by atoms with E-state index in [1.54, 1.807) is 0 Å². The first kappa shape index (κ1) is 13.9. The van der Waals surface area contributed by atoms with E-state index in [0.29, 0.717) is 19.4 Å². The molecule has 1 heterocycles. The molecule has 2 aliphatic rings. The molecule has 5 nitrogen and oxygen atoms in total. The van der Waals surface area contributed by atoms with Crippen molar-refractivity contribution in [2.75, 3.05) is 6.54 Å². The van der Waals surface area contributed by atoms with Gasteiger partial charge < -0.3 is 5.32 Å². The Morgan fingerprint density at radius 2 is 2.00 bits per heavy atom. The minimum atomic E-state index is -0.609. The topological polar surface area (TPSA) is 73.2 Å². The number of nitrogens with zero attached hydrogens (tertiary/aromatic N) is 2. The van der Waals surface area contributed by atoms with Crippen molar-refractivity contribution in [3.63, 3.8) is 0 Å². The Balaban J connectivity index is 1.93. The smallest absolute Gasteiger partial charge is 0.323 e. The fourth-order valence-corrected chi connectivity index (χ4v) is 2.93. The van der Waals surface area contributed by atoms with Gasteiger partial charge >= 0.3 is 6.03 Å². The van der Waals surface area contributed by atoms with E-state index < -0.39 is 11.0 Å². The quantitative estimate of drug-likeness (QED) is 0.790. The van der Waals surface area contributed by atoms with Crippen LogP contribution >= 0.6 is 0 Å². The highest BCUT2D eigenvalue weighted by Gasteiger charge is 2.52. The summed E-state index contributed by atoms with van der Waals surface area (Å²) in [5.74, 6) is -0.0650. The van der Waals surface area contributed by atoms with Crippen LogP contribution in [0.15, 0.2) is 0 Å². The maximum atomic E-state index is 12.3. The highest BCUT2D eigenvalue weighted by Crippen LogP contribution is 2.35. The molecule has 2 fully saturated rings. The fourth-order valence-electron chi connectivity index (χ4n) is 2.93. The van der Waals surface area contributed by atoms with Crippen molar-refractivity contribution in [1.82, 2.24) is 10.2 Å². The number of hydrogen-bond donors (Lipinski definition) is 1. The highest BCUT2D eigenvalue weighted by molar-refractivity contribution is 6.07. The summed E-state index contributed by atoms with van der Waals surface area (Å²) in [7, 11) is 0. The molecule has 0 radical (unpaired) electrons. The fraction of sp³-hybridized carbons (Fsp3) is 0.786. The summed E-state index contributed by atoms with van der Waals surface area (Å²) in [5, 5.41) is 11.8. The minimum Gasteiger partial charge on any atom is -0.323 e. The molecule has 0 aromatic heterocycles. The molecule has 1 saturated carbocycles. The van der Waals surface area contributed by atoms with E-state index >= 15 is 0 Å². The number of urea groups is 1. The summed E-state index contributed by atoms with van der Waals surface area (Å²) >= 11 is 0. The lowest BCUT2D eigenvalue weighted by atomic mass is 9.90. The van der Waals surface area contributed by atoms with Gasteiger partial charge in [0.2, 0.25) is 0 Å². The van der Waals surface area contributed by atoms with Crippen molar-refractivity contribution >= 4 is 11.9 Å². The Morgan fingerprint density at radius 3 is 2.58 bits per heavy atom. The van der Waals surface area contributed by atoms with Crippen LogP contribution in [-0.4, -0.2) is 28.9 Å². The van der Waals surface area contributed by atoms with Crippen molar-refractivity contribution in [3.05, 3.63) is 0 Å². The first-order valence-electron chi connectivity index (χ1n) is 6.96. The molecule has 0 atom stereocenters. The van der Waals surface area contributed by atoms with Crippen LogP contribution in [0.1, 0.15) is 52.4 Å². The van der Waals surface area contributed by atoms with Crippen LogP contribution < -0.4 is 5.32 Å². The van der Waals surface area contributed by atoms with Gasteiger partial charge in [-0.3, -0.25) is 9.69 Å². The number of imide groups is 1. The molecule has 0 aromatic rings. The molecule has 104 valence electrons. The van der Waals surface area contributed by atoms with Gasteiger partial charge in [-0.2, -0.15) is 5.26 Å². The first-order valence-corrected chi connectivity index (χ1v) is 6.96. The Bertz CT molecular complexity index is 430. The second-order valence-electron chi connectivity index (χ2n) is 6.28. The molecule has 2 rings (SSSR count). The molecule has 0 bridgehead atoms. The summed E-state index contributed by atoms with van der Waals surface area (Å²) in [6.45, 7) is 4.16. The molecule has 0 aromatic carbocycles. The molecule has 19 heavy (non-hydrogen) atoms. The van der Waals surface area contributed by atoms with Gasteiger partial charge in [-0.25, -0.2) is 4.79 Å². The Morgan fingerprint density at radius 1 is 1.37 bits per heavy atom. The van der Waals surface area contributed by atoms with Crippen LogP contribution in [0, 0.1) is 16.7 Å². The zero-order valence-electron chi connectivity index (χ0n) is 11.7. The number of nitriles is 1. The average Bonchev–Trinajstić information content (AvgIpc) is 2.91. The molecule has 1 spiro atoms. The van der Waals surface area contributed by atoms with E-state index in [2.05, 4.69) is 11.4 Å².